The summed E-state index contributed by atoms with van der Waals surface area (Å²) in [7, 11) is 0. The van der Waals surface area contributed by atoms with E-state index in [4.69, 9.17) is 28.3 Å². The topological polar surface area (TPSA) is 93.3 Å². The van der Waals surface area contributed by atoms with Crippen LogP contribution in [0.5, 0.6) is 0 Å². The molecule has 0 spiro atoms. The Hall–Kier alpha value is -2.84. The third kappa shape index (κ3) is 2.54. The number of fused-ring (bicyclic) bond motifs is 3. The Bertz CT molecular complexity index is 1100. The van der Waals surface area contributed by atoms with Gasteiger partial charge in [0.25, 0.3) is 5.82 Å². The summed E-state index contributed by atoms with van der Waals surface area (Å²) in [6.45, 7) is -0.0335. The highest BCUT2D eigenvalue weighted by Gasteiger charge is 2.28. The van der Waals surface area contributed by atoms with Crippen molar-refractivity contribution in [2.45, 2.75) is 6.54 Å². The minimum atomic E-state index is -1.27. The number of carbonyl (C=O) groups is 1. The summed E-state index contributed by atoms with van der Waals surface area (Å²) in [5, 5.41) is 13.5. The average molecular weight is 392 g/mol. The maximum Gasteiger partial charge on any atom is 0.375 e. The summed E-state index contributed by atoms with van der Waals surface area (Å²) in [6, 6.07) is 5.84. The number of benzene rings is 1. The van der Waals surface area contributed by atoms with Crippen LogP contribution in [0.15, 0.2) is 35.5 Å². The van der Waals surface area contributed by atoms with Gasteiger partial charge in [0.05, 0.1) is 28.0 Å². The second-order valence-electron chi connectivity index (χ2n) is 5.32. The maximum atomic E-state index is 14.3. The van der Waals surface area contributed by atoms with Gasteiger partial charge in [-0.2, -0.15) is 0 Å². The number of nitrogens with zero attached hydrogens (tertiary/aromatic N) is 5. The van der Waals surface area contributed by atoms with Crippen molar-refractivity contribution < 1.29 is 14.3 Å². The number of aromatic carboxylic acids is 1. The molecule has 1 aliphatic heterocycles. The van der Waals surface area contributed by atoms with Crippen LogP contribution in [-0.4, -0.2) is 36.5 Å². The van der Waals surface area contributed by atoms with E-state index in [-0.39, 0.29) is 39.6 Å². The average Bonchev–Trinajstić information content (AvgIpc) is 2.98. The van der Waals surface area contributed by atoms with Crippen LogP contribution in [-0.2, 0) is 6.54 Å². The highest BCUT2D eigenvalue weighted by atomic mass is 35.5. The first kappa shape index (κ1) is 16.6. The highest BCUT2D eigenvalue weighted by molar-refractivity contribution is 6.45. The number of aliphatic imine (C=N–C) groups is 1. The fourth-order valence-corrected chi connectivity index (χ4v) is 3.06. The first-order valence-electron chi connectivity index (χ1n) is 7.30. The van der Waals surface area contributed by atoms with E-state index < -0.39 is 11.8 Å². The Balaban J connectivity index is 2.03. The fourth-order valence-electron chi connectivity index (χ4n) is 2.65. The maximum absolute atomic E-state index is 14.3. The predicted octanol–water partition coefficient (Wildman–Crippen LogP) is 3.16. The Morgan fingerprint density at radius 2 is 2.08 bits per heavy atom. The van der Waals surface area contributed by atoms with Crippen LogP contribution >= 0.6 is 23.2 Å². The van der Waals surface area contributed by atoms with Crippen molar-refractivity contribution in [1.82, 2.24) is 19.7 Å². The van der Waals surface area contributed by atoms with E-state index in [9.17, 15) is 9.18 Å². The van der Waals surface area contributed by atoms with Gasteiger partial charge in [-0.1, -0.05) is 23.2 Å². The van der Waals surface area contributed by atoms with Gasteiger partial charge in [-0.15, -0.1) is 5.10 Å². The number of carboxylic acids is 1. The van der Waals surface area contributed by atoms with Crippen LogP contribution in [0.2, 0.25) is 10.0 Å². The molecule has 0 fully saturated rings. The van der Waals surface area contributed by atoms with E-state index >= 15 is 0 Å². The van der Waals surface area contributed by atoms with Gasteiger partial charge in [0, 0.05) is 11.8 Å². The van der Waals surface area contributed by atoms with Crippen molar-refractivity contribution in [3.05, 3.63) is 69.2 Å². The monoisotopic (exact) mass is 391 g/mol. The zero-order valence-electron chi connectivity index (χ0n) is 12.8. The molecule has 1 aliphatic rings. The van der Waals surface area contributed by atoms with Gasteiger partial charge >= 0.3 is 5.97 Å². The summed E-state index contributed by atoms with van der Waals surface area (Å²) in [6.07, 6.45) is 1.43. The van der Waals surface area contributed by atoms with Crippen LogP contribution in [0.1, 0.15) is 27.7 Å². The molecule has 1 aromatic carbocycles. The van der Waals surface area contributed by atoms with Gasteiger partial charge in [0.1, 0.15) is 5.69 Å². The summed E-state index contributed by atoms with van der Waals surface area (Å²) in [5.41, 5.74) is 0.880. The molecule has 10 heteroatoms. The molecule has 130 valence electrons. The number of hydrogen-bond donors (Lipinski definition) is 1. The number of hydrogen-bond acceptors (Lipinski definition) is 5. The molecule has 0 saturated carbocycles. The second-order valence-corrected chi connectivity index (χ2v) is 6.11. The lowest BCUT2D eigenvalue weighted by Crippen LogP contribution is -2.13. The first-order chi connectivity index (χ1) is 12.5. The number of aromatic nitrogens is 4. The Labute approximate surface area is 155 Å². The second kappa shape index (κ2) is 6.15. The molecule has 7 nitrogen and oxygen atoms in total. The largest absolute Gasteiger partial charge is 0.475 e. The molecule has 26 heavy (non-hydrogen) atoms. The zero-order chi connectivity index (χ0) is 18.4. The SMILES string of the molecule is O=C(O)c1nc2n(n1)-c1ccc(Cl)c(Cl)c1C(c1ncccc1F)=NC2. The first-order valence-corrected chi connectivity index (χ1v) is 8.06. The zero-order valence-corrected chi connectivity index (χ0v) is 14.3. The molecule has 1 N–H and O–H groups in total. The van der Waals surface area contributed by atoms with E-state index in [1.165, 1.54) is 29.1 Å². The minimum absolute atomic E-state index is 0.00197. The van der Waals surface area contributed by atoms with E-state index in [1.54, 1.807) is 6.07 Å². The quantitative estimate of drug-likeness (QED) is 0.723. The molecule has 3 aromatic rings. The number of pyridine rings is 1. The van der Waals surface area contributed by atoms with Crippen molar-refractivity contribution in [3.8, 4) is 5.69 Å². The summed E-state index contributed by atoms with van der Waals surface area (Å²) >= 11 is 12.5. The van der Waals surface area contributed by atoms with Crippen molar-refractivity contribution in [1.29, 1.82) is 0 Å². The van der Waals surface area contributed by atoms with Crippen molar-refractivity contribution >= 4 is 34.9 Å². The van der Waals surface area contributed by atoms with E-state index in [0.717, 1.165) is 0 Å². The van der Waals surface area contributed by atoms with E-state index in [1.807, 2.05) is 0 Å². The molecule has 0 atom stereocenters. The molecule has 0 aliphatic carbocycles. The minimum Gasteiger partial charge on any atom is -0.475 e. The van der Waals surface area contributed by atoms with Gasteiger partial charge < -0.3 is 5.11 Å². The number of rotatable bonds is 2. The lowest BCUT2D eigenvalue weighted by molar-refractivity contribution is 0.0683. The fraction of sp³-hybridized carbons (Fsp3) is 0.0625. The van der Waals surface area contributed by atoms with Gasteiger partial charge in [-0.3, -0.25) is 9.98 Å². The van der Waals surface area contributed by atoms with Gasteiger partial charge in [-0.25, -0.2) is 18.9 Å². The van der Waals surface area contributed by atoms with Crippen molar-refractivity contribution in [2.75, 3.05) is 0 Å². The number of halogens is 3. The lowest BCUT2D eigenvalue weighted by Gasteiger charge is -2.13. The molecule has 2 aromatic heterocycles. The summed E-state index contributed by atoms with van der Waals surface area (Å²) in [4.78, 5) is 23.6. The van der Waals surface area contributed by atoms with Crippen LogP contribution in [0.25, 0.3) is 5.69 Å². The molecule has 0 saturated heterocycles. The number of carboxylic acid groups (broad SMARTS) is 1. The van der Waals surface area contributed by atoms with Crippen LogP contribution in [0.4, 0.5) is 4.39 Å². The summed E-state index contributed by atoms with van der Waals surface area (Å²) < 4.78 is 15.6. The van der Waals surface area contributed by atoms with Gasteiger partial charge in [0.15, 0.2) is 11.6 Å². The lowest BCUT2D eigenvalue weighted by atomic mass is 10.0. The predicted molar refractivity (Wildman–Crippen MR) is 91.9 cm³/mol. The van der Waals surface area contributed by atoms with Crippen molar-refractivity contribution in [2.24, 2.45) is 4.99 Å². The highest BCUT2D eigenvalue weighted by Crippen LogP contribution is 2.34. The Morgan fingerprint density at radius 3 is 2.81 bits per heavy atom. The Morgan fingerprint density at radius 1 is 1.27 bits per heavy atom. The molecular formula is C16H8Cl2FN5O2. The third-order valence-electron chi connectivity index (χ3n) is 3.76. The molecule has 0 amide bonds. The smallest absolute Gasteiger partial charge is 0.375 e. The standard InChI is InChI=1S/C16H8Cl2FN5O2/c17-7-3-4-9-11(12(7)18)14(13-8(19)2-1-5-20-13)21-6-10-22-15(16(25)26)23-24(9)10/h1-5H,6H2,(H,25,26). The molecule has 4 rings (SSSR count). The molecular weight excluding hydrogens is 384 g/mol. The normalized spacial score (nSPS) is 12.8. The van der Waals surface area contributed by atoms with Crippen LogP contribution < -0.4 is 0 Å². The molecule has 0 bridgehead atoms. The van der Waals surface area contributed by atoms with Crippen LogP contribution in [0.3, 0.4) is 0 Å². The van der Waals surface area contributed by atoms with E-state index in [2.05, 4.69) is 20.1 Å². The van der Waals surface area contributed by atoms with Gasteiger partial charge in [0.2, 0.25) is 0 Å². The van der Waals surface area contributed by atoms with E-state index in [0.29, 0.717) is 11.3 Å². The molecule has 0 radical (unpaired) electrons. The Kier molecular flexibility index (Phi) is 3.93. The summed E-state index contributed by atoms with van der Waals surface area (Å²) in [5.74, 6) is -1.95. The molecule has 0 unspecified atom stereocenters. The van der Waals surface area contributed by atoms with Crippen LogP contribution in [0, 0.1) is 5.82 Å². The van der Waals surface area contributed by atoms with Gasteiger partial charge in [-0.05, 0) is 24.3 Å². The van der Waals surface area contributed by atoms with Crippen molar-refractivity contribution in [3.63, 3.8) is 0 Å². The third-order valence-corrected chi connectivity index (χ3v) is 4.57. The molecule has 3 heterocycles.